The van der Waals surface area contributed by atoms with Crippen LogP contribution in [0.4, 0.5) is 17.1 Å². The van der Waals surface area contributed by atoms with E-state index in [9.17, 15) is 21.6 Å². The molecule has 2 N–H and O–H groups in total. The van der Waals surface area contributed by atoms with E-state index in [0.29, 0.717) is 41.2 Å². The molecule has 10 heteroatoms. The van der Waals surface area contributed by atoms with Gasteiger partial charge in [0.05, 0.1) is 16.3 Å². The Hall–Kier alpha value is -2.59. The summed E-state index contributed by atoms with van der Waals surface area (Å²) < 4.78 is 54.7. The van der Waals surface area contributed by atoms with Crippen molar-refractivity contribution in [3.8, 4) is 0 Å². The molecule has 0 unspecified atom stereocenters. The highest BCUT2D eigenvalue weighted by molar-refractivity contribution is 7.93. The van der Waals surface area contributed by atoms with Gasteiger partial charge in [-0.05, 0) is 74.2 Å². The van der Waals surface area contributed by atoms with Crippen LogP contribution >= 0.6 is 0 Å². The zero-order valence-corrected chi connectivity index (χ0v) is 18.7. The number of nitrogens with one attached hydrogen (secondary N) is 2. The Balaban J connectivity index is 1.90. The second-order valence-electron chi connectivity index (χ2n) is 7.37. The van der Waals surface area contributed by atoms with Crippen LogP contribution in [0.1, 0.15) is 30.9 Å². The number of amides is 1. The van der Waals surface area contributed by atoms with E-state index in [-0.39, 0.29) is 16.6 Å². The maximum Gasteiger partial charge on any atom is 0.262 e. The van der Waals surface area contributed by atoms with Crippen LogP contribution < -0.4 is 14.3 Å². The van der Waals surface area contributed by atoms with E-state index in [2.05, 4.69) is 10.0 Å². The molecule has 3 rings (SSSR count). The van der Waals surface area contributed by atoms with E-state index < -0.39 is 20.0 Å². The topological polar surface area (TPSA) is 113 Å². The van der Waals surface area contributed by atoms with Crippen LogP contribution in [-0.4, -0.2) is 35.0 Å². The number of benzene rings is 2. The van der Waals surface area contributed by atoms with Gasteiger partial charge in [-0.1, -0.05) is 0 Å². The molecule has 0 saturated carbocycles. The first-order valence-corrected chi connectivity index (χ1v) is 12.6. The molecule has 1 aliphatic heterocycles. The Kier molecular flexibility index (Phi) is 6.09. The van der Waals surface area contributed by atoms with Gasteiger partial charge in [-0.25, -0.2) is 16.8 Å². The summed E-state index contributed by atoms with van der Waals surface area (Å²) >= 11 is 0. The Labute approximate surface area is 177 Å². The minimum absolute atomic E-state index is 0.0984. The van der Waals surface area contributed by atoms with Crippen molar-refractivity contribution in [1.82, 2.24) is 0 Å². The standard InChI is InChI=1S/C20H25N3O5S2/c1-14-12-19(23-10-4-5-11-29(23,25)26)13-15(2)20(14)30(27,28)22-18-8-6-17(7-9-18)21-16(3)24/h6-9,12-13,22H,4-5,10-11H2,1-3H3,(H,21,24). The second-order valence-corrected chi connectivity index (χ2v) is 11.0. The smallest absolute Gasteiger partial charge is 0.262 e. The Morgan fingerprint density at radius 1 is 1.00 bits per heavy atom. The summed E-state index contributed by atoms with van der Waals surface area (Å²) in [5, 5.41) is 2.62. The fraction of sp³-hybridized carbons (Fsp3) is 0.350. The van der Waals surface area contributed by atoms with Crippen LogP contribution in [0, 0.1) is 13.8 Å². The summed E-state index contributed by atoms with van der Waals surface area (Å²) in [4.78, 5) is 11.2. The Bertz CT molecular complexity index is 1150. The third kappa shape index (κ3) is 4.76. The quantitative estimate of drug-likeness (QED) is 0.726. The Morgan fingerprint density at radius 3 is 2.10 bits per heavy atom. The van der Waals surface area contributed by atoms with Crippen molar-refractivity contribution in [2.75, 3.05) is 26.6 Å². The summed E-state index contributed by atoms with van der Waals surface area (Å²) in [7, 11) is -7.27. The number of hydrogen-bond acceptors (Lipinski definition) is 5. The van der Waals surface area contributed by atoms with Crippen molar-refractivity contribution in [3.05, 3.63) is 47.5 Å². The lowest BCUT2D eigenvalue weighted by atomic mass is 10.1. The first-order chi connectivity index (χ1) is 14.0. The van der Waals surface area contributed by atoms with Crippen molar-refractivity contribution in [2.45, 2.75) is 38.5 Å². The monoisotopic (exact) mass is 451 g/mol. The molecule has 1 fully saturated rings. The van der Waals surface area contributed by atoms with Crippen LogP contribution in [0.25, 0.3) is 0 Å². The average Bonchev–Trinajstić information content (AvgIpc) is 2.61. The molecular formula is C20H25N3O5S2. The minimum atomic E-state index is -3.89. The lowest BCUT2D eigenvalue weighted by Crippen LogP contribution is -2.38. The third-order valence-corrected chi connectivity index (χ3v) is 8.36. The van der Waals surface area contributed by atoms with Crippen molar-refractivity contribution in [1.29, 1.82) is 0 Å². The van der Waals surface area contributed by atoms with E-state index in [1.165, 1.54) is 11.2 Å². The number of carbonyl (C=O) groups is 1. The summed E-state index contributed by atoms with van der Waals surface area (Å²) in [6.45, 7) is 5.09. The molecule has 0 spiro atoms. The molecule has 0 aromatic heterocycles. The molecule has 162 valence electrons. The molecule has 0 atom stereocenters. The Morgan fingerprint density at radius 2 is 1.57 bits per heavy atom. The van der Waals surface area contributed by atoms with Crippen LogP contribution in [0.2, 0.25) is 0 Å². The van der Waals surface area contributed by atoms with E-state index in [1.807, 2.05) is 0 Å². The number of hydrogen-bond donors (Lipinski definition) is 2. The van der Waals surface area contributed by atoms with E-state index in [4.69, 9.17) is 0 Å². The maximum absolute atomic E-state index is 13.0. The summed E-state index contributed by atoms with van der Waals surface area (Å²) in [5.74, 6) is -0.119. The predicted molar refractivity (Wildman–Crippen MR) is 118 cm³/mol. The first-order valence-electron chi connectivity index (χ1n) is 9.52. The van der Waals surface area contributed by atoms with Gasteiger partial charge in [0.15, 0.2) is 0 Å². The molecule has 1 aliphatic rings. The van der Waals surface area contributed by atoms with Gasteiger partial charge >= 0.3 is 0 Å². The molecule has 0 aliphatic carbocycles. The van der Waals surface area contributed by atoms with Crippen molar-refractivity contribution < 1.29 is 21.6 Å². The van der Waals surface area contributed by atoms with Crippen molar-refractivity contribution in [3.63, 3.8) is 0 Å². The van der Waals surface area contributed by atoms with E-state index in [1.54, 1.807) is 50.2 Å². The number of aryl methyl sites for hydroxylation is 2. The van der Waals surface area contributed by atoms with Gasteiger partial charge in [-0.2, -0.15) is 0 Å². The van der Waals surface area contributed by atoms with Gasteiger partial charge in [0, 0.05) is 24.8 Å². The first kappa shape index (κ1) is 22.1. The van der Waals surface area contributed by atoms with Gasteiger partial charge in [0.2, 0.25) is 15.9 Å². The van der Waals surface area contributed by atoms with Gasteiger partial charge in [0.25, 0.3) is 10.0 Å². The van der Waals surface area contributed by atoms with E-state index >= 15 is 0 Å². The van der Waals surface area contributed by atoms with Gasteiger partial charge < -0.3 is 5.32 Å². The summed E-state index contributed by atoms with van der Waals surface area (Å²) in [6.07, 6.45) is 1.40. The predicted octanol–water partition coefficient (Wildman–Crippen LogP) is 2.99. The average molecular weight is 452 g/mol. The fourth-order valence-corrected chi connectivity index (χ4v) is 6.74. The SMILES string of the molecule is CC(=O)Nc1ccc(NS(=O)(=O)c2c(C)cc(N3CCCCS3(=O)=O)cc2C)cc1. The van der Waals surface area contributed by atoms with Gasteiger partial charge in [-0.3, -0.25) is 13.8 Å². The van der Waals surface area contributed by atoms with Crippen LogP contribution in [0.5, 0.6) is 0 Å². The molecule has 2 aromatic carbocycles. The molecule has 0 radical (unpaired) electrons. The molecule has 30 heavy (non-hydrogen) atoms. The van der Waals surface area contributed by atoms with E-state index in [0.717, 1.165) is 6.42 Å². The zero-order chi connectivity index (χ0) is 22.1. The normalized spacial score (nSPS) is 16.2. The molecule has 1 amide bonds. The molecule has 1 saturated heterocycles. The third-order valence-electron chi connectivity index (χ3n) is 4.81. The number of anilines is 3. The number of sulfonamides is 2. The summed E-state index contributed by atoms with van der Waals surface area (Å²) in [5.41, 5.74) is 2.33. The number of nitrogens with zero attached hydrogens (tertiary/aromatic N) is 1. The minimum Gasteiger partial charge on any atom is -0.326 e. The van der Waals surface area contributed by atoms with Crippen LogP contribution in [0.15, 0.2) is 41.3 Å². The molecular weight excluding hydrogens is 426 g/mol. The number of carbonyl (C=O) groups excluding carboxylic acids is 1. The molecule has 8 nitrogen and oxygen atoms in total. The highest BCUT2D eigenvalue weighted by atomic mass is 32.2. The molecule has 2 aromatic rings. The van der Waals surface area contributed by atoms with Gasteiger partial charge in [0.1, 0.15) is 0 Å². The molecule has 0 bridgehead atoms. The summed E-state index contributed by atoms with van der Waals surface area (Å²) in [6, 6.07) is 9.52. The highest BCUT2D eigenvalue weighted by Gasteiger charge is 2.28. The lowest BCUT2D eigenvalue weighted by Gasteiger charge is -2.29. The van der Waals surface area contributed by atoms with Crippen molar-refractivity contribution >= 4 is 43.0 Å². The van der Waals surface area contributed by atoms with Crippen LogP contribution in [0.3, 0.4) is 0 Å². The fourth-order valence-electron chi connectivity index (χ4n) is 3.61. The second kappa shape index (κ2) is 8.27. The zero-order valence-electron chi connectivity index (χ0n) is 17.1. The number of rotatable bonds is 5. The maximum atomic E-state index is 13.0. The lowest BCUT2D eigenvalue weighted by molar-refractivity contribution is -0.114. The molecule has 1 heterocycles. The van der Waals surface area contributed by atoms with Crippen LogP contribution in [-0.2, 0) is 24.8 Å². The van der Waals surface area contributed by atoms with Gasteiger partial charge in [-0.15, -0.1) is 0 Å². The largest absolute Gasteiger partial charge is 0.326 e. The highest BCUT2D eigenvalue weighted by Crippen LogP contribution is 2.31. The van der Waals surface area contributed by atoms with Crippen molar-refractivity contribution in [2.24, 2.45) is 0 Å².